The number of ether oxygens (including phenoxy) is 3. The van der Waals surface area contributed by atoms with Crippen molar-refractivity contribution in [1.82, 2.24) is 5.43 Å². The van der Waals surface area contributed by atoms with Gasteiger partial charge in [-0.2, -0.15) is 5.10 Å². The van der Waals surface area contributed by atoms with Crippen LogP contribution in [0.3, 0.4) is 0 Å². The van der Waals surface area contributed by atoms with Crippen LogP contribution in [0.2, 0.25) is 0 Å². The molecule has 2 aromatic carbocycles. The SMILES string of the molecule is COc1cc(/C=N/NC(=O)COc2ccc(C)cc2C)ccc1OC(C)=O. The van der Waals surface area contributed by atoms with E-state index in [2.05, 4.69) is 10.5 Å². The zero-order valence-corrected chi connectivity index (χ0v) is 15.7. The maximum Gasteiger partial charge on any atom is 0.308 e. The third-order valence-corrected chi connectivity index (χ3v) is 3.53. The van der Waals surface area contributed by atoms with Crippen LogP contribution in [-0.4, -0.2) is 31.8 Å². The molecular formula is C20H22N2O5. The van der Waals surface area contributed by atoms with Crippen LogP contribution in [0.1, 0.15) is 23.6 Å². The number of rotatable bonds is 7. The molecule has 0 saturated carbocycles. The number of hydrogen-bond acceptors (Lipinski definition) is 6. The molecule has 0 spiro atoms. The molecule has 0 bridgehead atoms. The molecule has 1 amide bonds. The summed E-state index contributed by atoms with van der Waals surface area (Å²) in [6, 6.07) is 10.6. The second-order valence-electron chi connectivity index (χ2n) is 5.85. The van der Waals surface area contributed by atoms with Crippen molar-refractivity contribution in [2.24, 2.45) is 5.10 Å². The van der Waals surface area contributed by atoms with E-state index >= 15 is 0 Å². The number of aryl methyl sites for hydroxylation is 2. The Kier molecular flexibility index (Phi) is 6.93. The average molecular weight is 370 g/mol. The van der Waals surface area contributed by atoms with Gasteiger partial charge in [0.1, 0.15) is 5.75 Å². The first-order valence-electron chi connectivity index (χ1n) is 8.27. The van der Waals surface area contributed by atoms with E-state index in [1.165, 1.54) is 20.2 Å². The highest BCUT2D eigenvalue weighted by Crippen LogP contribution is 2.27. The van der Waals surface area contributed by atoms with Crippen molar-refractivity contribution in [3.05, 3.63) is 53.1 Å². The first-order chi connectivity index (χ1) is 12.9. The van der Waals surface area contributed by atoms with Gasteiger partial charge in [-0.15, -0.1) is 0 Å². The van der Waals surface area contributed by atoms with E-state index in [0.717, 1.165) is 11.1 Å². The molecule has 0 unspecified atom stereocenters. The number of esters is 1. The monoisotopic (exact) mass is 370 g/mol. The summed E-state index contributed by atoms with van der Waals surface area (Å²) >= 11 is 0. The minimum absolute atomic E-state index is 0.143. The molecule has 0 aromatic heterocycles. The highest BCUT2D eigenvalue weighted by molar-refractivity contribution is 5.84. The fourth-order valence-electron chi connectivity index (χ4n) is 2.32. The molecule has 0 heterocycles. The van der Waals surface area contributed by atoms with Gasteiger partial charge in [0.15, 0.2) is 18.1 Å². The lowest BCUT2D eigenvalue weighted by atomic mass is 10.1. The predicted octanol–water partition coefficient (Wildman–Crippen LogP) is 2.77. The van der Waals surface area contributed by atoms with Gasteiger partial charge >= 0.3 is 5.97 Å². The van der Waals surface area contributed by atoms with E-state index in [0.29, 0.717) is 22.8 Å². The summed E-state index contributed by atoms with van der Waals surface area (Å²) in [5.41, 5.74) is 5.15. The van der Waals surface area contributed by atoms with Gasteiger partial charge in [0.05, 0.1) is 13.3 Å². The molecule has 1 N–H and O–H groups in total. The van der Waals surface area contributed by atoms with Crippen molar-refractivity contribution in [3.8, 4) is 17.2 Å². The maximum absolute atomic E-state index is 11.9. The predicted molar refractivity (Wildman–Crippen MR) is 101 cm³/mol. The van der Waals surface area contributed by atoms with Crippen molar-refractivity contribution in [2.75, 3.05) is 13.7 Å². The molecule has 0 atom stereocenters. The van der Waals surface area contributed by atoms with Crippen LogP contribution in [-0.2, 0) is 9.59 Å². The average Bonchev–Trinajstić information content (AvgIpc) is 2.61. The molecular weight excluding hydrogens is 348 g/mol. The fourth-order valence-corrected chi connectivity index (χ4v) is 2.32. The van der Waals surface area contributed by atoms with Gasteiger partial charge in [-0.25, -0.2) is 5.43 Å². The summed E-state index contributed by atoms with van der Waals surface area (Å²) in [5, 5.41) is 3.89. The van der Waals surface area contributed by atoms with E-state index in [1.54, 1.807) is 18.2 Å². The third kappa shape index (κ3) is 6.14. The zero-order chi connectivity index (χ0) is 19.8. The summed E-state index contributed by atoms with van der Waals surface area (Å²) < 4.78 is 15.7. The Bertz CT molecular complexity index is 861. The van der Waals surface area contributed by atoms with E-state index < -0.39 is 5.97 Å². The molecule has 0 aliphatic carbocycles. The van der Waals surface area contributed by atoms with E-state index in [1.807, 2.05) is 32.0 Å². The van der Waals surface area contributed by atoms with Gasteiger partial charge in [0.25, 0.3) is 5.91 Å². The molecule has 2 aromatic rings. The molecule has 0 radical (unpaired) electrons. The second kappa shape index (κ2) is 9.38. The third-order valence-electron chi connectivity index (χ3n) is 3.53. The van der Waals surface area contributed by atoms with Crippen molar-refractivity contribution in [1.29, 1.82) is 0 Å². The van der Waals surface area contributed by atoms with E-state index in [4.69, 9.17) is 14.2 Å². The van der Waals surface area contributed by atoms with Crippen LogP contribution >= 0.6 is 0 Å². The largest absolute Gasteiger partial charge is 0.493 e. The molecule has 7 heteroatoms. The number of carbonyl (C=O) groups is 2. The molecule has 0 fully saturated rings. The van der Waals surface area contributed by atoms with Crippen molar-refractivity contribution < 1.29 is 23.8 Å². The Morgan fingerprint density at radius 3 is 2.48 bits per heavy atom. The zero-order valence-electron chi connectivity index (χ0n) is 15.7. The van der Waals surface area contributed by atoms with Gasteiger partial charge in [0.2, 0.25) is 0 Å². The molecule has 0 saturated heterocycles. The number of nitrogens with one attached hydrogen (secondary N) is 1. The molecule has 7 nitrogen and oxygen atoms in total. The quantitative estimate of drug-likeness (QED) is 0.351. The Morgan fingerprint density at radius 2 is 1.81 bits per heavy atom. The van der Waals surface area contributed by atoms with Crippen LogP contribution < -0.4 is 19.6 Å². The van der Waals surface area contributed by atoms with E-state index in [-0.39, 0.29) is 12.5 Å². The van der Waals surface area contributed by atoms with Crippen LogP contribution in [0.25, 0.3) is 0 Å². The number of hydrogen-bond donors (Lipinski definition) is 1. The summed E-state index contributed by atoms with van der Waals surface area (Å²) in [4.78, 5) is 22.9. The van der Waals surface area contributed by atoms with Crippen LogP contribution in [0.5, 0.6) is 17.2 Å². The lowest BCUT2D eigenvalue weighted by Gasteiger charge is -2.09. The highest BCUT2D eigenvalue weighted by Gasteiger charge is 2.08. The van der Waals surface area contributed by atoms with Crippen molar-refractivity contribution >= 4 is 18.1 Å². The van der Waals surface area contributed by atoms with Crippen molar-refractivity contribution in [3.63, 3.8) is 0 Å². The number of amides is 1. The number of benzene rings is 2. The Hall–Kier alpha value is -3.35. The summed E-state index contributed by atoms with van der Waals surface area (Å²) in [5.74, 6) is 0.540. The highest BCUT2D eigenvalue weighted by atomic mass is 16.6. The minimum Gasteiger partial charge on any atom is -0.493 e. The Balaban J connectivity index is 1.90. The number of hydrazone groups is 1. The summed E-state index contributed by atoms with van der Waals surface area (Å²) in [6.45, 7) is 5.08. The van der Waals surface area contributed by atoms with Crippen LogP contribution in [0, 0.1) is 13.8 Å². The normalized spacial score (nSPS) is 10.5. The molecule has 0 aliphatic rings. The number of carbonyl (C=O) groups excluding carboxylic acids is 2. The van der Waals surface area contributed by atoms with Gasteiger partial charge in [-0.3, -0.25) is 9.59 Å². The number of nitrogens with zero attached hydrogens (tertiary/aromatic N) is 1. The lowest BCUT2D eigenvalue weighted by Crippen LogP contribution is -2.24. The fraction of sp³-hybridized carbons (Fsp3) is 0.250. The number of methoxy groups -OCH3 is 1. The Labute approximate surface area is 157 Å². The van der Waals surface area contributed by atoms with E-state index in [9.17, 15) is 9.59 Å². The van der Waals surface area contributed by atoms with Crippen molar-refractivity contribution in [2.45, 2.75) is 20.8 Å². The smallest absolute Gasteiger partial charge is 0.308 e. The first-order valence-corrected chi connectivity index (χ1v) is 8.27. The van der Waals surface area contributed by atoms with Gasteiger partial charge in [0, 0.05) is 6.92 Å². The summed E-state index contributed by atoms with van der Waals surface area (Å²) in [6.07, 6.45) is 1.45. The minimum atomic E-state index is -0.439. The lowest BCUT2D eigenvalue weighted by molar-refractivity contribution is -0.132. The Morgan fingerprint density at radius 1 is 1.07 bits per heavy atom. The molecule has 2 rings (SSSR count). The topological polar surface area (TPSA) is 86.2 Å². The molecule has 142 valence electrons. The van der Waals surface area contributed by atoms with Crippen LogP contribution in [0.15, 0.2) is 41.5 Å². The van der Waals surface area contributed by atoms with Gasteiger partial charge in [-0.1, -0.05) is 17.7 Å². The van der Waals surface area contributed by atoms with Crippen LogP contribution in [0.4, 0.5) is 0 Å². The first kappa shape index (κ1) is 20.0. The maximum atomic E-state index is 11.9. The van der Waals surface area contributed by atoms with Gasteiger partial charge < -0.3 is 14.2 Å². The molecule has 27 heavy (non-hydrogen) atoms. The second-order valence-corrected chi connectivity index (χ2v) is 5.85. The van der Waals surface area contributed by atoms with Gasteiger partial charge in [-0.05, 0) is 49.2 Å². The molecule has 0 aliphatic heterocycles. The summed E-state index contributed by atoms with van der Waals surface area (Å²) in [7, 11) is 1.47. The standard InChI is InChI=1S/C20H22N2O5/c1-13-5-7-17(14(2)9-13)26-12-20(24)22-21-11-16-6-8-18(27-15(3)23)19(10-16)25-4/h5-11H,12H2,1-4H3,(H,22,24)/b21-11+.